The molecule has 0 saturated heterocycles. The number of nitrogens with one attached hydrogen (secondary N) is 1. The Morgan fingerprint density at radius 3 is 2.64 bits per heavy atom. The van der Waals surface area contributed by atoms with E-state index in [-0.39, 0.29) is 12.5 Å². The monoisotopic (exact) mass is 357 g/mol. The molecular weight excluding hydrogens is 342 g/mol. The molecule has 1 amide bonds. The molecule has 1 atom stereocenters. The topological polar surface area (TPSA) is 77.2 Å². The predicted molar refractivity (Wildman–Crippen MR) is 93.1 cm³/mol. The SMILES string of the molecule is C[C@H](Oc1ccc(Cl)cc1)C(=O)NCc1nc(-c2ccccc2)no1. The van der Waals surface area contributed by atoms with E-state index in [1.807, 2.05) is 30.3 Å². The number of rotatable bonds is 6. The second-order valence-corrected chi connectivity index (χ2v) is 5.75. The molecule has 3 aromatic rings. The maximum Gasteiger partial charge on any atom is 0.261 e. The fourth-order valence-electron chi connectivity index (χ4n) is 2.11. The van der Waals surface area contributed by atoms with Gasteiger partial charge in [-0.1, -0.05) is 47.1 Å². The third-order valence-corrected chi connectivity index (χ3v) is 3.66. The van der Waals surface area contributed by atoms with Crippen molar-refractivity contribution in [3.8, 4) is 17.1 Å². The van der Waals surface area contributed by atoms with E-state index in [1.54, 1.807) is 31.2 Å². The molecule has 1 heterocycles. The highest BCUT2D eigenvalue weighted by Crippen LogP contribution is 2.17. The van der Waals surface area contributed by atoms with Crippen LogP contribution >= 0.6 is 11.6 Å². The minimum Gasteiger partial charge on any atom is -0.481 e. The van der Waals surface area contributed by atoms with Crippen LogP contribution in [0.4, 0.5) is 0 Å². The molecule has 7 heteroatoms. The van der Waals surface area contributed by atoms with Crippen molar-refractivity contribution in [1.82, 2.24) is 15.5 Å². The van der Waals surface area contributed by atoms with Crippen molar-refractivity contribution in [2.24, 2.45) is 0 Å². The standard InChI is InChI=1S/C18H16ClN3O3/c1-12(24-15-9-7-14(19)8-10-15)18(23)20-11-16-21-17(22-25-16)13-5-3-2-4-6-13/h2-10,12H,11H2,1H3,(H,20,23)/t12-/m0/s1. The van der Waals surface area contributed by atoms with Crippen molar-refractivity contribution in [2.75, 3.05) is 0 Å². The van der Waals surface area contributed by atoms with E-state index in [9.17, 15) is 4.79 Å². The van der Waals surface area contributed by atoms with E-state index in [0.717, 1.165) is 5.56 Å². The van der Waals surface area contributed by atoms with Gasteiger partial charge in [0.25, 0.3) is 5.91 Å². The summed E-state index contributed by atoms with van der Waals surface area (Å²) >= 11 is 5.82. The van der Waals surface area contributed by atoms with E-state index in [1.165, 1.54) is 0 Å². The lowest BCUT2D eigenvalue weighted by Crippen LogP contribution is -2.35. The molecule has 1 aromatic heterocycles. The first kappa shape index (κ1) is 17.0. The van der Waals surface area contributed by atoms with Crippen molar-refractivity contribution in [2.45, 2.75) is 19.6 Å². The summed E-state index contributed by atoms with van der Waals surface area (Å²) in [6.07, 6.45) is -0.669. The highest BCUT2D eigenvalue weighted by molar-refractivity contribution is 6.30. The van der Waals surface area contributed by atoms with Gasteiger partial charge >= 0.3 is 0 Å². The summed E-state index contributed by atoms with van der Waals surface area (Å²) in [5, 5.41) is 7.22. The molecule has 1 N–H and O–H groups in total. The fraction of sp³-hybridized carbons (Fsp3) is 0.167. The van der Waals surface area contributed by atoms with Crippen LogP contribution in [0.5, 0.6) is 5.75 Å². The normalized spacial score (nSPS) is 11.8. The van der Waals surface area contributed by atoms with Crippen molar-refractivity contribution in [1.29, 1.82) is 0 Å². The molecule has 0 aliphatic carbocycles. The molecule has 0 fully saturated rings. The summed E-state index contributed by atoms with van der Waals surface area (Å²) in [6, 6.07) is 16.3. The van der Waals surface area contributed by atoms with Crippen molar-refractivity contribution < 1.29 is 14.1 Å². The average Bonchev–Trinajstić information content (AvgIpc) is 3.11. The van der Waals surface area contributed by atoms with Gasteiger partial charge in [-0.05, 0) is 31.2 Å². The van der Waals surface area contributed by atoms with Gasteiger partial charge < -0.3 is 14.6 Å². The van der Waals surface area contributed by atoms with Crippen molar-refractivity contribution in [3.05, 3.63) is 65.5 Å². The van der Waals surface area contributed by atoms with Crippen LogP contribution in [0.15, 0.2) is 59.1 Å². The molecule has 25 heavy (non-hydrogen) atoms. The Balaban J connectivity index is 1.53. The molecular formula is C18H16ClN3O3. The van der Waals surface area contributed by atoms with Crippen LogP contribution in [0.2, 0.25) is 5.02 Å². The van der Waals surface area contributed by atoms with E-state index in [4.69, 9.17) is 20.9 Å². The summed E-state index contributed by atoms with van der Waals surface area (Å²) in [4.78, 5) is 16.4. The highest BCUT2D eigenvalue weighted by Gasteiger charge is 2.16. The molecule has 128 valence electrons. The highest BCUT2D eigenvalue weighted by atomic mass is 35.5. The Kier molecular flexibility index (Phi) is 5.30. The maximum absolute atomic E-state index is 12.1. The molecule has 2 aromatic carbocycles. The lowest BCUT2D eigenvalue weighted by Gasteiger charge is -2.13. The molecule has 3 rings (SSSR count). The van der Waals surface area contributed by atoms with E-state index in [0.29, 0.717) is 22.5 Å². The van der Waals surface area contributed by atoms with Gasteiger partial charge in [0.05, 0.1) is 6.54 Å². The van der Waals surface area contributed by atoms with Gasteiger partial charge in [0, 0.05) is 10.6 Å². The number of carbonyl (C=O) groups is 1. The number of aromatic nitrogens is 2. The lowest BCUT2D eigenvalue weighted by atomic mass is 10.2. The van der Waals surface area contributed by atoms with Gasteiger partial charge in [-0.15, -0.1) is 0 Å². The van der Waals surface area contributed by atoms with Crippen molar-refractivity contribution >= 4 is 17.5 Å². The van der Waals surface area contributed by atoms with Crippen LogP contribution in [0.1, 0.15) is 12.8 Å². The smallest absolute Gasteiger partial charge is 0.261 e. The fourth-order valence-corrected chi connectivity index (χ4v) is 2.23. The first-order chi connectivity index (χ1) is 12.1. The second kappa shape index (κ2) is 7.81. The largest absolute Gasteiger partial charge is 0.481 e. The summed E-state index contributed by atoms with van der Waals surface area (Å²) < 4.78 is 10.7. The van der Waals surface area contributed by atoms with E-state index >= 15 is 0 Å². The van der Waals surface area contributed by atoms with Gasteiger partial charge in [0.2, 0.25) is 11.7 Å². The van der Waals surface area contributed by atoms with Crippen LogP contribution in [-0.2, 0) is 11.3 Å². The quantitative estimate of drug-likeness (QED) is 0.730. The third-order valence-electron chi connectivity index (χ3n) is 3.41. The first-order valence-corrected chi connectivity index (χ1v) is 8.07. The molecule has 6 nitrogen and oxygen atoms in total. The molecule has 0 radical (unpaired) electrons. The number of carbonyl (C=O) groups excluding carboxylic acids is 1. The Labute approximate surface area is 149 Å². The van der Waals surface area contributed by atoms with Crippen LogP contribution in [0.25, 0.3) is 11.4 Å². The number of halogens is 1. The molecule has 0 spiro atoms. The van der Waals surface area contributed by atoms with Gasteiger partial charge in [-0.25, -0.2) is 0 Å². The van der Waals surface area contributed by atoms with Crippen LogP contribution in [-0.4, -0.2) is 22.2 Å². The Morgan fingerprint density at radius 2 is 1.92 bits per heavy atom. The number of amides is 1. The first-order valence-electron chi connectivity index (χ1n) is 7.70. The third kappa shape index (κ3) is 4.58. The van der Waals surface area contributed by atoms with Crippen molar-refractivity contribution in [3.63, 3.8) is 0 Å². The molecule has 0 bridgehead atoms. The van der Waals surface area contributed by atoms with Crippen LogP contribution < -0.4 is 10.1 Å². The predicted octanol–water partition coefficient (Wildman–Crippen LogP) is 3.47. The van der Waals surface area contributed by atoms with Gasteiger partial charge in [0.1, 0.15) is 5.75 Å². The average molecular weight is 358 g/mol. The molecule has 0 unspecified atom stereocenters. The zero-order valence-electron chi connectivity index (χ0n) is 13.5. The number of hydrogen-bond acceptors (Lipinski definition) is 5. The van der Waals surface area contributed by atoms with Gasteiger partial charge in [0.15, 0.2) is 6.10 Å². The van der Waals surface area contributed by atoms with Gasteiger partial charge in [-0.3, -0.25) is 4.79 Å². The van der Waals surface area contributed by atoms with E-state index < -0.39 is 6.10 Å². The summed E-state index contributed by atoms with van der Waals surface area (Å²) in [7, 11) is 0. The van der Waals surface area contributed by atoms with Crippen LogP contribution in [0.3, 0.4) is 0 Å². The number of benzene rings is 2. The Bertz CT molecular complexity index is 834. The Hall–Kier alpha value is -2.86. The molecule has 0 saturated carbocycles. The number of ether oxygens (including phenoxy) is 1. The Morgan fingerprint density at radius 1 is 1.20 bits per heavy atom. The number of hydrogen-bond donors (Lipinski definition) is 1. The van der Waals surface area contributed by atoms with E-state index in [2.05, 4.69) is 15.5 Å². The molecule has 0 aliphatic heterocycles. The summed E-state index contributed by atoms with van der Waals surface area (Å²) in [5.74, 6) is 1.09. The summed E-state index contributed by atoms with van der Waals surface area (Å²) in [6.45, 7) is 1.79. The second-order valence-electron chi connectivity index (χ2n) is 5.31. The lowest BCUT2D eigenvalue weighted by molar-refractivity contribution is -0.127. The van der Waals surface area contributed by atoms with Gasteiger partial charge in [-0.2, -0.15) is 4.98 Å². The number of nitrogens with zero attached hydrogens (tertiary/aromatic N) is 2. The zero-order valence-corrected chi connectivity index (χ0v) is 14.2. The van der Waals surface area contributed by atoms with Crippen LogP contribution in [0, 0.1) is 0 Å². The minimum atomic E-state index is -0.669. The maximum atomic E-state index is 12.1. The molecule has 0 aliphatic rings. The zero-order chi connectivity index (χ0) is 17.6. The summed E-state index contributed by atoms with van der Waals surface area (Å²) in [5.41, 5.74) is 0.850. The minimum absolute atomic E-state index is 0.132.